The van der Waals surface area contributed by atoms with Gasteiger partial charge in [0.1, 0.15) is 0 Å². The van der Waals surface area contributed by atoms with E-state index in [9.17, 15) is 0 Å². The summed E-state index contributed by atoms with van der Waals surface area (Å²) >= 11 is 0. The summed E-state index contributed by atoms with van der Waals surface area (Å²) in [5.41, 5.74) is 7.23. The summed E-state index contributed by atoms with van der Waals surface area (Å²) < 4.78 is 0. The topological polar surface area (TPSA) is 3.24 Å². The first-order chi connectivity index (χ1) is 11.7. The van der Waals surface area contributed by atoms with E-state index in [1.165, 1.54) is 33.0 Å². The van der Waals surface area contributed by atoms with E-state index in [4.69, 9.17) is 0 Å². The maximum Gasteiger partial charge on any atom is 0.0196 e. The van der Waals surface area contributed by atoms with Crippen LogP contribution >= 0.6 is 0 Å². The van der Waals surface area contributed by atoms with Gasteiger partial charge in [-0.1, -0.05) is 60.7 Å². The van der Waals surface area contributed by atoms with E-state index in [0.29, 0.717) is 0 Å². The lowest BCUT2D eigenvalue weighted by Gasteiger charge is -2.26. The molecule has 24 heavy (non-hydrogen) atoms. The molecule has 0 radical (unpaired) electrons. The van der Waals surface area contributed by atoms with Crippen molar-refractivity contribution >= 4 is 16.3 Å². The van der Waals surface area contributed by atoms with E-state index in [1.807, 2.05) is 0 Å². The molecule has 0 aromatic heterocycles. The molecule has 0 heterocycles. The highest BCUT2D eigenvalue weighted by atomic mass is 15.0. The van der Waals surface area contributed by atoms with Crippen LogP contribution in [0.4, 0.5) is 0 Å². The van der Waals surface area contributed by atoms with Crippen molar-refractivity contribution in [2.75, 3.05) is 20.6 Å². The summed E-state index contributed by atoms with van der Waals surface area (Å²) in [5, 5.41) is 2.68. The number of benzene rings is 3. The molecule has 1 aliphatic carbocycles. The van der Waals surface area contributed by atoms with Crippen molar-refractivity contribution in [3.8, 4) is 0 Å². The van der Waals surface area contributed by atoms with E-state index in [1.54, 1.807) is 5.57 Å². The summed E-state index contributed by atoms with van der Waals surface area (Å²) in [6, 6.07) is 24.4. The van der Waals surface area contributed by atoms with E-state index in [0.717, 1.165) is 19.4 Å². The molecule has 0 amide bonds. The SMILES string of the molecule is CN(C)CC1=C(c2ccccc2)c2cc3ccccc3cc2CC1. The van der Waals surface area contributed by atoms with Gasteiger partial charge in [0.05, 0.1) is 0 Å². The zero-order chi connectivity index (χ0) is 16.5. The Kier molecular flexibility index (Phi) is 3.95. The summed E-state index contributed by atoms with van der Waals surface area (Å²) in [6.45, 7) is 1.02. The Labute approximate surface area is 144 Å². The zero-order valence-electron chi connectivity index (χ0n) is 14.4. The molecule has 0 bridgehead atoms. The maximum absolute atomic E-state index is 2.39. The van der Waals surface area contributed by atoms with Crippen LogP contribution in [0.15, 0.2) is 72.3 Å². The van der Waals surface area contributed by atoms with Crippen LogP contribution in [0, 0.1) is 0 Å². The second kappa shape index (κ2) is 6.26. The highest BCUT2D eigenvalue weighted by molar-refractivity contribution is 5.93. The van der Waals surface area contributed by atoms with Crippen molar-refractivity contribution in [3.05, 3.63) is 89.0 Å². The molecule has 0 spiro atoms. The average Bonchev–Trinajstić information content (AvgIpc) is 2.60. The van der Waals surface area contributed by atoms with Crippen molar-refractivity contribution < 1.29 is 0 Å². The number of nitrogens with zero attached hydrogens (tertiary/aromatic N) is 1. The van der Waals surface area contributed by atoms with Crippen molar-refractivity contribution in [2.45, 2.75) is 12.8 Å². The minimum absolute atomic E-state index is 1.02. The molecule has 0 fully saturated rings. The lowest BCUT2D eigenvalue weighted by atomic mass is 9.81. The van der Waals surface area contributed by atoms with Gasteiger partial charge in [0.15, 0.2) is 0 Å². The lowest BCUT2D eigenvalue weighted by Crippen LogP contribution is -2.19. The Morgan fingerprint density at radius 1 is 0.792 bits per heavy atom. The Bertz CT molecular complexity index is 904. The second-order valence-corrected chi connectivity index (χ2v) is 6.94. The van der Waals surface area contributed by atoms with Crippen LogP contribution in [0.2, 0.25) is 0 Å². The number of rotatable bonds is 3. The molecule has 1 aliphatic rings. The average molecular weight is 313 g/mol. The second-order valence-electron chi connectivity index (χ2n) is 6.94. The van der Waals surface area contributed by atoms with Crippen LogP contribution in [0.25, 0.3) is 16.3 Å². The predicted octanol–water partition coefficient (Wildman–Crippen LogP) is 5.15. The van der Waals surface area contributed by atoms with Crippen LogP contribution < -0.4 is 0 Å². The van der Waals surface area contributed by atoms with Gasteiger partial charge in [-0.3, -0.25) is 0 Å². The van der Waals surface area contributed by atoms with E-state index < -0.39 is 0 Å². The van der Waals surface area contributed by atoms with Crippen LogP contribution in [-0.4, -0.2) is 25.5 Å². The lowest BCUT2D eigenvalue weighted by molar-refractivity contribution is 0.439. The third kappa shape index (κ3) is 2.76. The number of fused-ring (bicyclic) bond motifs is 2. The van der Waals surface area contributed by atoms with Gasteiger partial charge in [-0.25, -0.2) is 0 Å². The third-order valence-corrected chi connectivity index (χ3v) is 4.86. The third-order valence-electron chi connectivity index (χ3n) is 4.86. The Hall–Kier alpha value is -2.38. The van der Waals surface area contributed by atoms with Gasteiger partial charge < -0.3 is 4.90 Å². The van der Waals surface area contributed by atoms with Gasteiger partial charge in [-0.05, 0) is 71.6 Å². The molecule has 0 aliphatic heterocycles. The number of aryl methyl sites for hydroxylation is 1. The van der Waals surface area contributed by atoms with Gasteiger partial charge in [0.25, 0.3) is 0 Å². The van der Waals surface area contributed by atoms with E-state index in [-0.39, 0.29) is 0 Å². The van der Waals surface area contributed by atoms with Crippen molar-refractivity contribution in [1.29, 1.82) is 0 Å². The van der Waals surface area contributed by atoms with Crippen LogP contribution in [0.5, 0.6) is 0 Å². The molecule has 120 valence electrons. The van der Waals surface area contributed by atoms with Crippen LogP contribution in [-0.2, 0) is 6.42 Å². The summed E-state index contributed by atoms with van der Waals surface area (Å²) in [5.74, 6) is 0. The number of hydrogen-bond acceptors (Lipinski definition) is 1. The quantitative estimate of drug-likeness (QED) is 0.646. The summed E-state index contributed by atoms with van der Waals surface area (Å²) in [7, 11) is 4.32. The van der Waals surface area contributed by atoms with Crippen LogP contribution in [0.3, 0.4) is 0 Å². The number of likely N-dealkylation sites (N-methyl/N-ethyl adjacent to an activating group) is 1. The Morgan fingerprint density at radius 2 is 1.46 bits per heavy atom. The molecule has 1 nitrogen and oxygen atoms in total. The molecule has 0 N–H and O–H groups in total. The predicted molar refractivity (Wildman–Crippen MR) is 103 cm³/mol. The normalized spacial score (nSPS) is 14.3. The highest BCUT2D eigenvalue weighted by Crippen LogP contribution is 2.38. The van der Waals surface area contributed by atoms with Gasteiger partial charge in [0.2, 0.25) is 0 Å². The highest BCUT2D eigenvalue weighted by Gasteiger charge is 2.21. The Morgan fingerprint density at radius 3 is 2.17 bits per heavy atom. The van der Waals surface area contributed by atoms with Gasteiger partial charge >= 0.3 is 0 Å². The molecule has 0 atom stereocenters. The Balaban J connectivity index is 1.96. The van der Waals surface area contributed by atoms with Crippen LogP contribution in [0.1, 0.15) is 23.1 Å². The molecule has 3 aromatic carbocycles. The van der Waals surface area contributed by atoms with E-state index >= 15 is 0 Å². The molecule has 4 rings (SSSR count). The molecular formula is C23H23N. The maximum atomic E-state index is 2.39. The molecular weight excluding hydrogens is 290 g/mol. The molecule has 3 aromatic rings. The first kappa shape index (κ1) is 15.2. The fourth-order valence-corrected chi connectivity index (χ4v) is 3.83. The summed E-state index contributed by atoms with van der Waals surface area (Å²) in [4.78, 5) is 2.28. The summed E-state index contributed by atoms with van der Waals surface area (Å²) in [6.07, 6.45) is 2.29. The standard InChI is InChI=1S/C23H23N/c1-24(2)16-21-13-12-20-14-18-10-6-7-11-19(18)15-22(20)23(21)17-8-4-3-5-9-17/h3-11,14-15H,12-13,16H2,1-2H3. The first-order valence-corrected chi connectivity index (χ1v) is 8.66. The first-order valence-electron chi connectivity index (χ1n) is 8.66. The van der Waals surface area contributed by atoms with Gasteiger partial charge in [-0.15, -0.1) is 0 Å². The molecule has 0 saturated carbocycles. The molecule has 0 unspecified atom stereocenters. The smallest absolute Gasteiger partial charge is 0.0196 e. The van der Waals surface area contributed by atoms with Crippen molar-refractivity contribution in [2.24, 2.45) is 0 Å². The van der Waals surface area contributed by atoms with Crippen molar-refractivity contribution in [3.63, 3.8) is 0 Å². The number of hydrogen-bond donors (Lipinski definition) is 0. The van der Waals surface area contributed by atoms with Gasteiger partial charge in [0, 0.05) is 6.54 Å². The molecule has 0 saturated heterocycles. The largest absolute Gasteiger partial charge is 0.305 e. The van der Waals surface area contributed by atoms with Gasteiger partial charge in [-0.2, -0.15) is 0 Å². The zero-order valence-corrected chi connectivity index (χ0v) is 14.4. The van der Waals surface area contributed by atoms with E-state index in [2.05, 4.69) is 85.7 Å². The fraction of sp³-hybridized carbons (Fsp3) is 0.217. The minimum atomic E-state index is 1.02. The molecule has 1 heteroatoms. The monoisotopic (exact) mass is 313 g/mol. The van der Waals surface area contributed by atoms with Crippen molar-refractivity contribution in [1.82, 2.24) is 4.90 Å². The fourth-order valence-electron chi connectivity index (χ4n) is 3.83. The minimum Gasteiger partial charge on any atom is -0.305 e.